The maximum atomic E-state index is 12.6. The molecule has 0 aliphatic heterocycles. The zero-order valence-electron chi connectivity index (χ0n) is 12.5. The van der Waals surface area contributed by atoms with E-state index < -0.39 is 9.84 Å². The Bertz CT molecular complexity index is 754. The second-order valence-corrected chi connectivity index (χ2v) is 7.92. The second kappa shape index (κ2) is 6.23. The molecule has 0 amide bonds. The first-order valence-electron chi connectivity index (χ1n) is 7.70. The van der Waals surface area contributed by atoms with Crippen molar-refractivity contribution < 1.29 is 8.42 Å². The summed E-state index contributed by atoms with van der Waals surface area (Å²) < 4.78 is 25.2. The Morgan fingerprint density at radius 2 is 1.86 bits per heavy atom. The van der Waals surface area contributed by atoms with Crippen molar-refractivity contribution in [3.8, 4) is 0 Å². The highest BCUT2D eigenvalue weighted by molar-refractivity contribution is 7.90. The molecule has 1 aliphatic rings. The summed E-state index contributed by atoms with van der Waals surface area (Å²) in [5.41, 5.74) is 9.02. The van der Waals surface area contributed by atoms with Crippen LogP contribution in [0.3, 0.4) is 0 Å². The summed E-state index contributed by atoms with van der Waals surface area (Å²) in [6, 6.07) is 14.9. The lowest BCUT2D eigenvalue weighted by Gasteiger charge is -2.24. The molecule has 22 heavy (non-hydrogen) atoms. The highest BCUT2D eigenvalue weighted by Gasteiger charge is 2.22. The van der Waals surface area contributed by atoms with Gasteiger partial charge in [-0.3, -0.25) is 0 Å². The molecular formula is C18H21NO2S. The summed E-state index contributed by atoms with van der Waals surface area (Å²) in [4.78, 5) is 0.424. The summed E-state index contributed by atoms with van der Waals surface area (Å²) in [6.07, 6.45) is 3.12. The first-order chi connectivity index (χ1) is 10.6. The average Bonchev–Trinajstić information content (AvgIpc) is 2.54. The zero-order valence-corrected chi connectivity index (χ0v) is 13.4. The van der Waals surface area contributed by atoms with E-state index in [2.05, 4.69) is 0 Å². The fourth-order valence-electron chi connectivity index (χ4n) is 3.21. The molecular weight excluding hydrogens is 294 g/mol. The van der Waals surface area contributed by atoms with Crippen LogP contribution in [0.25, 0.3) is 0 Å². The quantitative estimate of drug-likeness (QED) is 0.943. The summed E-state index contributed by atoms with van der Waals surface area (Å²) in [5, 5.41) is 0. The molecule has 0 saturated carbocycles. The van der Waals surface area contributed by atoms with Crippen LogP contribution in [0.1, 0.15) is 35.4 Å². The Morgan fingerprint density at radius 3 is 2.59 bits per heavy atom. The van der Waals surface area contributed by atoms with E-state index in [1.165, 1.54) is 5.56 Å². The van der Waals surface area contributed by atoms with Gasteiger partial charge in [-0.25, -0.2) is 8.42 Å². The van der Waals surface area contributed by atoms with E-state index in [9.17, 15) is 8.42 Å². The predicted octanol–water partition coefficient (Wildman–Crippen LogP) is 3.04. The van der Waals surface area contributed by atoms with Gasteiger partial charge in [0, 0.05) is 0 Å². The normalized spacial score (nSPS) is 18.0. The summed E-state index contributed by atoms with van der Waals surface area (Å²) in [7, 11) is -3.30. The minimum absolute atomic E-state index is 0.0486. The molecule has 116 valence electrons. The largest absolute Gasteiger partial charge is 0.330 e. The summed E-state index contributed by atoms with van der Waals surface area (Å²) in [6.45, 7) is 0.628. The fourth-order valence-corrected chi connectivity index (χ4v) is 4.60. The maximum absolute atomic E-state index is 12.6. The molecule has 2 N–H and O–H groups in total. The van der Waals surface area contributed by atoms with Crippen LogP contribution in [-0.2, 0) is 22.0 Å². The molecule has 2 aromatic rings. The summed E-state index contributed by atoms with van der Waals surface area (Å²) >= 11 is 0. The molecule has 0 fully saturated rings. The van der Waals surface area contributed by atoms with E-state index in [0.29, 0.717) is 17.4 Å². The molecule has 0 bridgehead atoms. The first-order valence-corrected chi connectivity index (χ1v) is 9.35. The highest BCUT2D eigenvalue weighted by atomic mass is 32.2. The van der Waals surface area contributed by atoms with Crippen molar-refractivity contribution in [2.75, 3.05) is 6.54 Å². The first kappa shape index (κ1) is 15.3. The smallest absolute Gasteiger partial charge is 0.182 e. The van der Waals surface area contributed by atoms with Gasteiger partial charge in [-0.2, -0.15) is 0 Å². The van der Waals surface area contributed by atoms with E-state index in [4.69, 9.17) is 5.73 Å². The van der Waals surface area contributed by atoms with Crippen molar-refractivity contribution in [1.29, 1.82) is 0 Å². The average molecular weight is 315 g/mol. The van der Waals surface area contributed by atoms with Crippen molar-refractivity contribution in [2.24, 2.45) is 5.73 Å². The minimum atomic E-state index is -3.30. The molecule has 0 unspecified atom stereocenters. The molecule has 0 spiro atoms. The van der Waals surface area contributed by atoms with Gasteiger partial charge in [0.05, 0.1) is 10.6 Å². The second-order valence-electron chi connectivity index (χ2n) is 5.93. The zero-order chi connectivity index (χ0) is 15.6. The Balaban J connectivity index is 1.92. The SMILES string of the molecule is NC[C@@H]1CCCc2cc(S(=O)(=O)Cc3ccccc3)ccc21. The number of benzene rings is 2. The van der Waals surface area contributed by atoms with Gasteiger partial charge in [-0.15, -0.1) is 0 Å². The molecule has 0 radical (unpaired) electrons. The molecule has 1 aliphatic carbocycles. The molecule has 3 rings (SSSR count). The van der Waals surface area contributed by atoms with Gasteiger partial charge < -0.3 is 5.73 Å². The molecule has 2 aromatic carbocycles. The standard InChI is InChI=1S/C18H21NO2S/c19-12-16-8-4-7-15-11-17(9-10-18(15)16)22(20,21)13-14-5-2-1-3-6-14/h1-3,5-6,9-11,16H,4,7-8,12-13,19H2/t16-/m0/s1. The number of nitrogens with two attached hydrogens (primary N) is 1. The van der Waals surface area contributed by atoms with Gasteiger partial charge in [-0.1, -0.05) is 36.4 Å². The van der Waals surface area contributed by atoms with Crippen LogP contribution in [0.15, 0.2) is 53.4 Å². The number of fused-ring (bicyclic) bond motifs is 1. The minimum Gasteiger partial charge on any atom is -0.330 e. The Hall–Kier alpha value is -1.65. The predicted molar refractivity (Wildman–Crippen MR) is 88.5 cm³/mol. The van der Waals surface area contributed by atoms with E-state index in [1.54, 1.807) is 6.07 Å². The lowest BCUT2D eigenvalue weighted by atomic mass is 9.83. The third kappa shape index (κ3) is 3.08. The Labute approximate surface area is 132 Å². The van der Waals surface area contributed by atoms with Gasteiger partial charge in [0.2, 0.25) is 0 Å². The van der Waals surface area contributed by atoms with Crippen molar-refractivity contribution in [3.05, 3.63) is 65.2 Å². The van der Waals surface area contributed by atoms with Crippen molar-refractivity contribution in [2.45, 2.75) is 35.8 Å². The number of hydrogen-bond acceptors (Lipinski definition) is 3. The molecule has 4 heteroatoms. The maximum Gasteiger partial charge on any atom is 0.182 e. The third-order valence-corrected chi connectivity index (χ3v) is 6.08. The van der Waals surface area contributed by atoms with Crippen LogP contribution in [0.2, 0.25) is 0 Å². The lowest BCUT2D eigenvalue weighted by Crippen LogP contribution is -2.18. The van der Waals surface area contributed by atoms with Gasteiger partial charge in [0.25, 0.3) is 0 Å². The number of sulfone groups is 1. The van der Waals surface area contributed by atoms with E-state index in [-0.39, 0.29) is 5.75 Å². The van der Waals surface area contributed by atoms with Crippen LogP contribution in [-0.4, -0.2) is 15.0 Å². The van der Waals surface area contributed by atoms with Crippen LogP contribution < -0.4 is 5.73 Å². The van der Waals surface area contributed by atoms with Gasteiger partial charge in [0.15, 0.2) is 9.84 Å². The molecule has 1 atom stereocenters. The number of rotatable bonds is 4. The molecule has 0 aromatic heterocycles. The van der Waals surface area contributed by atoms with Gasteiger partial charge in [-0.05, 0) is 60.5 Å². The highest BCUT2D eigenvalue weighted by Crippen LogP contribution is 2.32. The van der Waals surface area contributed by atoms with E-state index in [1.807, 2.05) is 42.5 Å². The lowest BCUT2D eigenvalue weighted by molar-refractivity contribution is 0.558. The monoisotopic (exact) mass is 315 g/mol. The Kier molecular flexibility index (Phi) is 4.32. The third-order valence-electron chi connectivity index (χ3n) is 4.40. The number of hydrogen-bond donors (Lipinski definition) is 1. The van der Waals surface area contributed by atoms with Crippen LogP contribution in [0.4, 0.5) is 0 Å². The van der Waals surface area contributed by atoms with Gasteiger partial charge in [0.1, 0.15) is 0 Å². The molecule has 0 heterocycles. The van der Waals surface area contributed by atoms with Crippen molar-refractivity contribution >= 4 is 9.84 Å². The van der Waals surface area contributed by atoms with Crippen LogP contribution in [0, 0.1) is 0 Å². The van der Waals surface area contributed by atoms with E-state index in [0.717, 1.165) is 30.4 Å². The van der Waals surface area contributed by atoms with Crippen molar-refractivity contribution in [3.63, 3.8) is 0 Å². The topological polar surface area (TPSA) is 60.2 Å². The number of aryl methyl sites for hydroxylation is 1. The van der Waals surface area contributed by atoms with Gasteiger partial charge >= 0.3 is 0 Å². The summed E-state index contributed by atoms with van der Waals surface area (Å²) in [5.74, 6) is 0.419. The Morgan fingerprint density at radius 1 is 1.09 bits per heavy atom. The van der Waals surface area contributed by atoms with Crippen LogP contribution >= 0.6 is 0 Å². The molecule has 3 nitrogen and oxygen atoms in total. The van der Waals surface area contributed by atoms with Crippen molar-refractivity contribution in [1.82, 2.24) is 0 Å². The molecule has 0 saturated heterocycles. The van der Waals surface area contributed by atoms with E-state index >= 15 is 0 Å². The van der Waals surface area contributed by atoms with Crippen LogP contribution in [0.5, 0.6) is 0 Å². The fraction of sp³-hybridized carbons (Fsp3) is 0.333.